The Bertz CT molecular complexity index is 3300. The Morgan fingerprint density at radius 1 is 0.562 bits per heavy atom. The van der Waals surface area contributed by atoms with Crippen LogP contribution in [0, 0.1) is 0 Å². The van der Waals surface area contributed by atoms with Crippen LogP contribution in [0.5, 0.6) is 5.75 Å². The molecule has 3 nitrogen and oxygen atoms in total. The van der Waals surface area contributed by atoms with E-state index in [0.717, 1.165) is 11.4 Å². The third-order valence-corrected chi connectivity index (χ3v) is 20.9. The lowest BCUT2D eigenvalue weighted by molar-refractivity contribution is 0.170. The topological polar surface area (TPSA) is 15.7 Å². The van der Waals surface area contributed by atoms with E-state index in [1.807, 2.05) is 0 Å². The molecule has 8 aromatic rings. The summed E-state index contributed by atoms with van der Waals surface area (Å²) >= 11 is 0. The van der Waals surface area contributed by atoms with Crippen LogP contribution in [0.3, 0.4) is 0 Å². The largest absolute Gasteiger partial charge is 0.481 e. The Labute approximate surface area is 377 Å². The summed E-state index contributed by atoms with van der Waals surface area (Å²) in [6, 6.07) is 62.5. The number of rotatable bonds is 4. The Balaban J connectivity index is 0.798. The zero-order chi connectivity index (χ0) is 42.8. The first-order valence-electron chi connectivity index (χ1n) is 23.2. The molecular formula is C60H50N2OSi. The van der Waals surface area contributed by atoms with Gasteiger partial charge in [0, 0.05) is 28.2 Å². The van der Waals surface area contributed by atoms with Gasteiger partial charge in [0.05, 0.1) is 5.69 Å². The normalized spacial score (nSPS) is 20.5. The highest BCUT2D eigenvalue weighted by atomic mass is 28.3. The van der Waals surface area contributed by atoms with E-state index in [1.165, 1.54) is 103 Å². The molecule has 0 amide bonds. The van der Waals surface area contributed by atoms with E-state index in [4.69, 9.17) is 4.74 Å². The summed E-state index contributed by atoms with van der Waals surface area (Å²) in [6.45, 7) is 7.04. The maximum absolute atomic E-state index is 6.55. The van der Waals surface area contributed by atoms with Crippen LogP contribution in [0.4, 0.5) is 28.4 Å². The number of ether oxygens (including phenoxy) is 1. The van der Waals surface area contributed by atoms with Gasteiger partial charge >= 0.3 is 0 Å². The molecule has 64 heavy (non-hydrogen) atoms. The quantitative estimate of drug-likeness (QED) is 0.0997. The van der Waals surface area contributed by atoms with Crippen LogP contribution in [-0.4, -0.2) is 19.7 Å². The van der Waals surface area contributed by atoms with E-state index in [-0.39, 0.29) is 17.1 Å². The summed E-state index contributed by atoms with van der Waals surface area (Å²) in [6.07, 6.45) is 15.9. The Hall–Kier alpha value is -6.88. The van der Waals surface area contributed by atoms with E-state index in [1.54, 1.807) is 10.4 Å². The molecule has 0 saturated carbocycles. The van der Waals surface area contributed by atoms with E-state index in [0.29, 0.717) is 0 Å². The predicted molar refractivity (Wildman–Crippen MR) is 273 cm³/mol. The average Bonchev–Trinajstić information content (AvgIpc) is 3.90. The highest BCUT2D eigenvalue weighted by molar-refractivity contribution is 7.05. The summed E-state index contributed by atoms with van der Waals surface area (Å²) in [5, 5.41) is 8.34. The van der Waals surface area contributed by atoms with Crippen molar-refractivity contribution in [2.75, 3.05) is 9.80 Å². The number of para-hydroxylation sites is 4. The number of nitrogens with zero attached hydrogens (tertiary/aromatic N) is 2. The van der Waals surface area contributed by atoms with Crippen molar-refractivity contribution in [1.29, 1.82) is 0 Å². The van der Waals surface area contributed by atoms with Crippen LogP contribution in [0.25, 0.3) is 44.8 Å². The predicted octanol–water partition coefficient (Wildman–Crippen LogP) is 14.4. The molecule has 0 aromatic heterocycles. The second-order valence-electron chi connectivity index (χ2n) is 19.4. The van der Waals surface area contributed by atoms with Crippen molar-refractivity contribution in [1.82, 2.24) is 0 Å². The van der Waals surface area contributed by atoms with Crippen molar-refractivity contribution >= 4 is 80.6 Å². The number of hydrogen-bond acceptors (Lipinski definition) is 3. The molecule has 2 unspecified atom stereocenters. The first kappa shape index (κ1) is 37.7. The van der Waals surface area contributed by atoms with Gasteiger partial charge in [-0.2, -0.15) is 0 Å². The smallest absolute Gasteiger partial charge is 0.144 e. The molecule has 2 aliphatic carbocycles. The molecule has 0 radical (unpaired) electrons. The lowest BCUT2D eigenvalue weighted by Crippen LogP contribution is -2.60. The van der Waals surface area contributed by atoms with E-state index in [9.17, 15) is 0 Å². The summed E-state index contributed by atoms with van der Waals surface area (Å²) in [4.78, 5) is 5.02. The van der Waals surface area contributed by atoms with Gasteiger partial charge in [-0.15, -0.1) is 0 Å². The van der Waals surface area contributed by atoms with Crippen molar-refractivity contribution < 1.29 is 4.74 Å². The maximum atomic E-state index is 6.55. The minimum absolute atomic E-state index is 0.0800. The fourth-order valence-electron chi connectivity index (χ4n) is 12.3. The maximum Gasteiger partial charge on any atom is 0.144 e. The molecule has 1 spiro atoms. The van der Waals surface area contributed by atoms with Gasteiger partial charge in [-0.25, -0.2) is 0 Å². The zero-order valence-corrected chi connectivity index (χ0v) is 37.7. The summed E-state index contributed by atoms with van der Waals surface area (Å²) in [5.74, 6) is 0.919. The summed E-state index contributed by atoms with van der Waals surface area (Å²) in [5.41, 5.74) is 13.6. The fourth-order valence-corrected chi connectivity index (χ4v) is 17.9. The molecule has 0 N–H and O–H groups in total. The van der Waals surface area contributed by atoms with Gasteiger partial charge < -0.3 is 14.5 Å². The number of allylic oxidation sites excluding steroid dienone is 2. The molecule has 4 heteroatoms. The number of benzene rings is 8. The second-order valence-corrected chi connectivity index (χ2v) is 23.7. The SMILES string of the molecule is CC1(C)c2cc(/C=C/c3ccc4c(ccc5cc(N6c7ccccc7[Si]7(CCCC7)c7ccccc76)ccc54)c3)ccc2-c2ccc(N3c4ccccc4OC4C=CC=CC43C)cc21. The molecule has 5 aliphatic rings. The molecule has 8 aromatic carbocycles. The first-order valence-corrected chi connectivity index (χ1v) is 25.6. The van der Waals surface area contributed by atoms with Crippen molar-refractivity contribution in [2.24, 2.45) is 0 Å². The van der Waals surface area contributed by atoms with Crippen LogP contribution < -0.4 is 24.9 Å². The molecule has 1 saturated heterocycles. The Kier molecular flexibility index (Phi) is 8.12. The lowest BCUT2D eigenvalue weighted by Gasteiger charge is -2.50. The number of hydrogen-bond donors (Lipinski definition) is 0. The third kappa shape index (κ3) is 5.39. The van der Waals surface area contributed by atoms with Crippen molar-refractivity contribution in [3.8, 4) is 16.9 Å². The molecule has 0 bridgehead atoms. The molecule has 2 atom stereocenters. The van der Waals surface area contributed by atoms with Crippen LogP contribution in [0.15, 0.2) is 182 Å². The first-order chi connectivity index (χ1) is 31.3. The highest BCUT2D eigenvalue weighted by Crippen LogP contribution is 2.53. The molecule has 13 rings (SSSR count). The summed E-state index contributed by atoms with van der Waals surface area (Å²) in [7, 11) is -1.76. The van der Waals surface area contributed by atoms with Crippen molar-refractivity contribution in [2.45, 2.75) is 62.8 Å². The lowest BCUT2D eigenvalue weighted by atomic mass is 9.81. The molecular weight excluding hydrogens is 793 g/mol. The van der Waals surface area contributed by atoms with E-state index >= 15 is 0 Å². The fraction of sp³-hybridized carbons (Fsp3) is 0.167. The highest BCUT2D eigenvalue weighted by Gasteiger charge is 2.48. The van der Waals surface area contributed by atoms with Crippen LogP contribution >= 0.6 is 0 Å². The number of fused-ring (bicyclic) bond motifs is 12. The van der Waals surface area contributed by atoms with Crippen LogP contribution in [-0.2, 0) is 5.41 Å². The van der Waals surface area contributed by atoms with Crippen LogP contribution in [0.2, 0.25) is 12.1 Å². The molecule has 310 valence electrons. The minimum Gasteiger partial charge on any atom is -0.481 e. The van der Waals surface area contributed by atoms with Gasteiger partial charge in [0.25, 0.3) is 0 Å². The Morgan fingerprint density at radius 3 is 1.91 bits per heavy atom. The second kappa shape index (κ2) is 13.8. The minimum atomic E-state index is -1.76. The van der Waals surface area contributed by atoms with Gasteiger partial charge in [0.1, 0.15) is 25.5 Å². The van der Waals surface area contributed by atoms with Crippen LogP contribution in [0.1, 0.15) is 55.9 Å². The monoisotopic (exact) mass is 842 g/mol. The molecule has 3 heterocycles. The standard InChI is InChI=1S/C60H50N2OSi/c1-59(2)50-37-41(24-30-48(50)49-32-28-45(39-51(49)59)62-52-14-4-7-17-55(52)63-58-20-10-11-33-60(58,62)3)22-21-40-23-29-46-42(36-40)25-26-43-38-44(27-31-47(43)46)61-53-15-5-8-18-56(53)64(34-12-13-35-64)57-19-9-6-16-54(57)61/h4-11,14-33,36-39,58H,12-13,34-35H2,1-3H3/b22-21+. The van der Waals surface area contributed by atoms with E-state index in [2.05, 4.69) is 225 Å². The van der Waals surface area contributed by atoms with E-state index < -0.39 is 8.07 Å². The average molecular weight is 843 g/mol. The van der Waals surface area contributed by atoms with Crippen molar-refractivity contribution in [3.05, 3.63) is 204 Å². The zero-order valence-electron chi connectivity index (χ0n) is 36.7. The third-order valence-electron chi connectivity index (χ3n) is 15.5. The van der Waals surface area contributed by atoms with Gasteiger partial charge in [-0.05, 0) is 145 Å². The van der Waals surface area contributed by atoms with Gasteiger partial charge in [0.15, 0.2) is 0 Å². The molecule has 1 fully saturated rings. The van der Waals surface area contributed by atoms with Gasteiger partial charge in [-0.3, -0.25) is 0 Å². The summed E-state index contributed by atoms with van der Waals surface area (Å²) < 4.78 is 6.55. The Morgan fingerprint density at radius 2 is 1.16 bits per heavy atom. The van der Waals surface area contributed by atoms with Crippen molar-refractivity contribution in [3.63, 3.8) is 0 Å². The van der Waals surface area contributed by atoms with Gasteiger partial charge in [-0.1, -0.05) is 160 Å². The number of anilines is 5. The molecule has 3 aliphatic heterocycles. The van der Waals surface area contributed by atoms with Gasteiger partial charge in [0.2, 0.25) is 0 Å².